The minimum Gasteiger partial charge on any atom is -0.316 e. The molecule has 0 fully saturated rings. The van der Waals surface area contributed by atoms with Crippen molar-refractivity contribution in [2.75, 3.05) is 13.1 Å². The van der Waals surface area contributed by atoms with Gasteiger partial charge in [0, 0.05) is 6.07 Å². The predicted molar refractivity (Wildman–Crippen MR) is 63.2 cm³/mol. The Bertz CT molecular complexity index is 328. The molecule has 0 aliphatic rings. The smallest absolute Gasteiger partial charge is 0.126 e. The van der Waals surface area contributed by atoms with Gasteiger partial charge in [0.2, 0.25) is 0 Å². The summed E-state index contributed by atoms with van der Waals surface area (Å²) >= 11 is 0. The Kier molecular flexibility index (Phi) is 5.72. The van der Waals surface area contributed by atoms with Crippen LogP contribution in [0.4, 0.5) is 8.78 Å². The summed E-state index contributed by atoms with van der Waals surface area (Å²) in [5.41, 5.74) is 0.563. The van der Waals surface area contributed by atoms with Crippen LogP contribution in [0.15, 0.2) is 24.3 Å². The molecular formula is C13H17F2N. The fourth-order valence-corrected chi connectivity index (χ4v) is 1.38. The topological polar surface area (TPSA) is 12.0 Å². The summed E-state index contributed by atoms with van der Waals surface area (Å²) in [5, 5.41) is 3.24. The van der Waals surface area contributed by atoms with Gasteiger partial charge in [0.15, 0.2) is 0 Å². The van der Waals surface area contributed by atoms with Gasteiger partial charge in [-0.3, -0.25) is 0 Å². The summed E-state index contributed by atoms with van der Waals surface area (Å²) in [5.74, 6) is -1.08. The largest absolute Gasteiger partial charge is 0.316 e. The van der Waals surface area contributed by atoms with Crippen LogP contribution in [0.25, 0.3) is 6.08 Å². The van der Waals surface area contributed by atoms with E-state index in [0.29, 0.717) is 5.56 Å². The first-order valence-electron chi connectivity index (χ1n) is 5.55. The van der Waals surface area contributed by atoms with Gasteiger partial charge in [-0.25, -0.2) is 8.78 Å². The van der Waals surface area contributed by atoms with Gasteiger partial charge in [0.1, 0.15) is 11.6 Å². The van der Waals surface area contributed by atoms with Gasteiger partial charge >= 0.3 is 0 Å². The third-order valence-electron chi connectivity index (χ3n) is 2.11. The molecule has 0 spiro atoms. The van der Waals surface area contributed by atoms with Crippen LogP contribution in [0.5, 0.6) is 0 Å². The van der Waals surface area contributed by atoms with Crippen molar-refractivity contribution in [3.63, 3.8) is 0 Å². The molecule has 0 aliphatic heterocycles. The van der Waals surface area contributed by atoms with Crippen molar-refractivity contribution in [2.24, 2.45) is 0 Å². The Morgan fingerprint density at radius 3 is 2.44 bits per heavy atom. The number of nitrogens with one attached hydrogen (secondary N) is 1. The molecule has 0 aliphatic carbocycles. The highest BCUT2D eigenvalue weighted by Gasteiger charge is 1.96. The van der Waals surface area contributed by atoms with Gasteiger partial charge in [-0.2, -0.15) is 0 Å². The van der Waals surface area contributed by atoms with Crippen LogP contribution in [0.2, 0.25) is 0 Å². The number of hydrogen-bond acceptors (Lipinski definition) is 1. The Labute approximate surface area is 95.2 Å². The predicted octanol–water partition coefficient (Wildman–Crippen LogP) is 3.37. The van der Waals surface area contributed by atoms with Crippen LogP contribution in [-0.2, 0) is 0 Å². The van der Waals surface area contributed by atoms with E-state index in [2.05, 4.69) is 12.2 Å². The van der Waals surface area contributed by atoms with E-state index in [1.807, 2.05) is 6.08 Å². The molecule has 16 heavy (non-hydrogen) atoms. The van der Waals surface area contributed by atoms with E-state index in [1.54, 1.807) is 6.08 Å². The zero-order chi connectivity index (χ0) is 11.8. The fraction of sp³-hybridized carbons (Fsp3) is 0.385. The number of halogens is 2. The SMILES string of the molecule is CCCNCCC=Cc1cc(F)cc(F)c1. The van der Waals surface area contributed by atoms with Gasteiger partial charge in [0.05, 0.1) is 0 Å². The van der Waals surface area contributed by atoms with Crippen LogP contribution in [0.1, 0.15) is 25.3 Å². The lowest BCUT2D eigenvalue weighted by Gasteiger charge is -1.98. The first-order chi connectivity index (χ1) is 7.72. The van der Waals surface area contributed by atoms with E-state index in [4.69, 9.17) is 0 Å². The molecule has 0 unspecified atom stereocenters. The standard InChI is InChI=1S/C13H17F2N/c1-2-6-16-7-4-3-5-11-8-12(14)10-13(15)9-11/h3,5,8-10,16H,2,4,6-7H2,1H3. The second-order valence-electron chi connectivity index (χ2n) is 3.64. The van der Waals surface area contributed by atoms with Crippen LogP contribution in [0.3, 0.4) is 0 Å². The van der Waals surface area contributed by atoms with Gasteiger partial charge in [-0.05, 0) is 43.6 Å². The van der Waals surface area contributed by atoms with Gasteiger partial charge in [0.25, 0.3) is 0 Å². The Hall–Kier alpha value is -1.22. The molecule has 1 aromatic rings. The Morgan fingerprint density at radius 1 is 1.12 bits per heavy atom. The molecule has 88 valence electrons. The summed E-state index contributed by atoms with van der Waals surface area (Å²) in [7, 11) is 0. The molecule has 0 saturated heterocycles. The van der Waals surface area contributed by atoms with Crippen molar-refractivity contribution in [2.45, 2.75) is 19.8 Å². The van der Waals surface area contributed by atoms with Crippen LogP contribution in [-0.4, -0.2) is 13.1 Å². The molecule has 0 amide bonds. The van der Waals surface area contributed by atoms with E-state index >= 15 is 0 Å². The quantitative estimate of drug-likeness (QED) is 0.732. The first-order valence-corrected chi connectivity index (χ1v) is 5.55. The third-order valence-corrected chi connectivity index (χ3v) is 2.11. The summed E-state index contributed by atoms with van der Waals surface area (Å²) < 4.78 is 25.6. The summed E-state index contributed by atoms with van der Waals surface area (Å²) in [6.07, 6.45) is 5.62. The molecule has 1 N–H and O–H groups in total. The Balaban J connectivity index is 2.37. The number of hydrogen-bond donors (Lipinski definition) is 1. The lowest BCUT2D eigenvalue weighted by atomic mass is 10.2. The van der Waals surface area contributed by atoms with Crippen molar-refractivity contribution >= 4 is 6.08 Å². The summed E-state index contributed by atoms with van der Waals surface area (Å²) in [6, 6.07) is 3.51. The van der Waals surface area contributed by atoms with E-state index in [-0.39, 0.29) is 0 Å². The normalized spacial score (nSPS) is 11.2. The van der Waals surface area contributed by atoms with Crippen LogP contribution >= 0.6 is 0 Å². The van der Waals surface area contributed by atoms with Gasteiger partial charge < -0.3 is 5.32 Å². The van der Waals surface area contributed by atoms with Gasteiger partial charge in [-0.1, -0.05) is 19.1 Å². The summed E-state index contributed by atoms with van der Waals surface area (Å²) in [6.45, 7) is 4.00. The van der Waals surface area contributed by atoms with Crippen LogP contribution in [0, 0.1) is 11.6 Å². The zero-order valence-electron chi connectivity index (χ0n) is 9.47. The Morgan fingerprint density at radius 2 is 1.81 bits per heavy atom. The van der Waals surface area contributed by atoms with E-state index in [0.717, 1.165) is 32.0 Å². The molecule has 0 aromatic heterocycles. The average molecular weight is 225 g/mol. The van der Waals surface area contributed by atoms with Gasteiger partial charge in [-0.15, -0.1) is 0 Å². The molecule has 3 heteroatoms. The van der Waals surface area contributed by atoms with Crippen molar-refractivity contribution in [3.8, 4) is 0 Å². The highest BCUT2D eigenvalue weighted by molar-refractivity contribution is 5.49. The molecule has 0 saturated carbocycles. The minimum atomic E-state index is -0.538. The van der Waals surface area contributed by atoms with Crippen molar-refractivity contribution < 1.29 is 8.78 Å². The van der Waals surface area contributed by atoms with Crippen molar-refractivity contribution in [3.05, 3.63) is 41.5 Å². The molecular weight excluding hydrogens is 208 g/mol. The van der Waals surface area contributed by atoms with Crippen LogP contribution < -0.4 is 5.32 Å². The van der Waals surface area contributed by atoms with E-state index in [1.165, 1.54) is 12.1 Å². The van der Waals surface area contributed by atoms with Crippen molar-refractivity contribution in [1.29, 1.82) is 0 Å². The zero-order valence-corrected chi connectivity index (χ0v) is 9.47. The van der Waals surface area contributed by atoms with E-state index in [9.17, 15) is 8.78 Å². The van der Waals surface area contributed by atoms with E-state index < -0.39 is 11.6 Å². The molecule has 1 aromatic carbocycles. The van der Waals surface area contributed by atoms with Crippen molar-refractivity contribution in [1.82, 2.24) is 5.32 Å². The monoisotopic (exact) mass is 225 g/mol. The highest BCUT2D eigenvalue weighted by Crippen LogP contribution is 2.09. The maximum atomic E-state index is 12.8. The number of rotatable bonds is 6. The second kappa shape index (κ2) is 7.12. The molecule has 1 nitrogen and oxygen atoms in total. The molecule has 0 bridgehead atoms. The maximum absolute atomic E-state index is 12.8. The lowest BCUT2D eigenvalue weighted by molar-refractivity contribution is 0.583. The summed E-state index contributed by atoms with van der Waals surface area (Å²) in [4.78, 5) is 0. The molecule has 0 heterocycles. The average Bonchev–Trinajstić information content (AvgIpc) is 2.22. The fourth-order valence-electron chi connectivity index (χ4n) is 1.38. The third kappa shape index (κ3) is 5.03. The second-order valence-corrected chi connectivity index (χ2v) is 3.64. The molecule has 0 radical (unpaired) electrons. The highest BCUT2D eigenvalue weighted by atomic mass is 19.1. The first kappa shape index (κ1) is 12.8. The maximum Gasteiger partial charge on any atom is 0.126 e. The molecule has 0 atom stereocenters. The lowest BCUT2D eigenvalue weighted by Crippen LogP contribution is -2.14. The molecule has 1 rings (SSSR count). The minimum absolute atomic E-state index is 0.538. The number of benzene rings is 1.